The Balaban J connectivity index is 2.19. The third-order valence-electron chi connectivity index (χ3n) is 3.32. The molecule has 1 aromatic carbocycles. The van der Waals surface area contributed by atoms with Gasteiger partial charge in [-0.15, -0.1) is 0 Å². The molecule has 0 aliphatic rings. The molecule has 2 aromatic rings. The maximum atomic E-state index is 12.5. The third-order valence-corrected chi connectivity index (χ3v) is 3.32. The summed E-state index contributed by atoms with van der Waals surface area (Å²) in [5.41, 5.74) is 2.16. The van der Waals surface area contributed by atoms with E-state index in [9.17, 15) is 4.79 Å². The standard InChI is InChI=1S/C17H21N3O2/c1-5-22-15-8-6-13(7-9-15)20(4)17(21)16-12-14(19(2)3)10-11-18-16/h6-12H,5H2,1-4H3. The molecule has 0 aliphatic carbocycles. The first-order valence-corrected chi connectivity index (χ1v) is 7.17. The minimum atomic E-state index is -0.146. The molecule has 0 radical (unpaired) electrons. The first kappa shape index (κ1) is 15.8. The Labute approximate surface area is 131 Å². The van der Waals surface area contributed by atoms with Crippen LogP contribution in [0.25, 0.3) is 0 Å². The van der Waals surface area contributed by atoms with Crippen molar-refractivity contribution in [3.05, 3.63) is 48.3 Å². The molecule has 0 bridgehead atoms. The molecule has 116 valence electrons. The van der Waals surface area contributed by atoms with E-state index in [1.165, 1.54) is 0 Å². The molecule has 5 heteroatoms. The summed E-state index contributed by atoms with van der Waals surface area (Å²) in [4.78, 5) is 20.2. The van der Waals surface area contributed by atoms with Crippen molar-refractivity contribution in [2.24, 2.45) is 0 Å². The quantitative estimate of drug-likeness (QED) is 0.851. The summed E-state index contributed by atoms with van der Waals surface area (Å²) in [7, 11) is 5.60. The van der Waals surface area contributed by atoms with Crippen LogP contribution in [0.3, 0.4) is 0 Å². The van der Waals surface area contributed by atoms with Gasteiger partial charge in [-0.2, -0.15) is 0 Å². The van der Waals surface area contributed by atoms with E-state index in [-0.39, 0.29) is 5.91 Å². The van der Waals surface area contributed by atoms with Crippen LogP contribution in [0.1, 0.15) is 17.4 Å². The highest BCUT2D eigenvalue weighted by molar-refractivity contribution is 6.04. The highest BCUT2D eigenvalue weighted by atomic mass is 16.5. The Bertz CT molecular complexity index is 639. The van der Waals surface area contributed by atoms with Gasteiger partial charge in [-0.25, -0.2) is 0 Å². The summed E-state index contributed by atoms with van der Waals surface area (Å²) in [6.45, 7) is 2.56. The average Bonchev–Trinajstić information content (AvgIpc) is 2.54. The zero-order valence-corrected chi connectivity index (χ0v) is 13.4. The lowest BCUT2D eigenvalue weighted by molar-refractivity contribution is 0.0988. The zero-order chi connectivity index (χ0) is 16.1. The van der Waals surface area contributed by atoms with E-state index in [0.717, 1.165) is 17.1 Å². The van der Waals surface area contributed by atoms with Crippen LogP contribution in [-0.4, -0.2) is 38.6 Å². The van der Waals surface area contributed by atoms with Gasteiger partial charge in [0.15, 0.2) is 0 Å². The number of hydrogen-bond acceptors (Lipinski definition) is 4. The topological polar surface area (TPSA) is 45.7 Å². The number of benzene rings is 1. The average molecular weight is 299 g/mol. The Kier molecular flexibility index (Phi) is 4.99. The number of amides is 1. The lowest BCUT2D eigenvalue weighted by atomic mass is 10.2. The van der Waals surface area contributed by atoms with E-state index >= 15 is 0 Å². The molecular formula is C17H21N3O2. The monoisotopic (exact) mass is 299 g/mol. The predicted molar refractivity (Wildman–Crippen MR) is 88.9 cm³/mol. The van der Waals surface area contributed by atoms with Crippen molar-refractivity contribution in [3.63, 3.8) is 0 Å². The van der Waals surface area contributed by atoms with Crippen molar-refractivity contribution in [1.29, 1.82) is 0 Å². The maximum Gasteiger partial charge on any atom is 0.276 e. The molecule has 0 spiro atoms. The molecule has 0 fully saturated rings. The van der Waals surface area contributed by atoms with E-state index < -0.39 is 0 Å². The van der Waals surface area contributed by atoms with Gasteiger partial charge in [0.05, 0.1) is 6.61 Å². The number of pyridine rings is 1. The predicted octanol–water partition coefficient (Wildman–Crippen LogP) is 2.82. The Morgan fingerprint density at radius 1 is 1.09 bits per heavy atom. The fraction of sp³-hybridized carbons (Fsp3) is 0.294. The Morgan fingerprint density at radius 2 is 1.77 bits per heavy atom. The Morgan fingerprint density at radius 3 is 2.36 bits per heavy atom. The molecule has 0 saturated heterocycles. The number of ether oxygens (including phenoxy) is 1. The molecule has 22 heavy (non-hydrogen) atoms. The van der Waals surface area contributed by atoms with Crippen LogP contribution in [0, 0.1) is 0 Å². The minimum Gasteiger partial charge on any atom is -0.494 e. The summed E-state index contributed by atoms with van der Waals surface area (Å²) >= 11 is 0. The van der Waals surface area contributed by atoms with Gasteiger partial charge in [0.2, 0.25) is 0 Å². The maximum absolute atomic E-state index is 12.5. The molecule has 0 atom stereocenters. The summed E-state index contributed by atoms with van der Waals surface area (Å²) in [5, 5.41) is 0. The second kappa shape index (κ2) is 6.93. The molecule has 0 saturated carbocycles. The minimum absolute atomic E-state index is 0.146. The normalized spacial score (nSPS) is 10.2. The van der Waals surface area contributed by atoms with Crippen LogP contribution in [0.5, 0.6) is 5.75 Å². The SMILES string of the molecule is CCOc1ccc(N(C)C(=O)c2cc(N(C)C)ccn2)cc1. The van der Waals surface area contributed by atoms with Gasteiger partial charge < -0.3 is 14.5 Å². The van der Waals surface area contributed by atoms with E-state index in [1.807, 2.05) is 56.3 Å². The smallest absolute Gasteiger partial charge is 0.276 e. The van der Waals surface area contributed by atoms with Crippen LogP contribution in [0.2, 0.25) is 0 Å². The van der Waals surface area contributed by atoms with E-state index in [1.54, 1.807) is 24.2 Å². The summed E-state index contributed by atoms with van der Waals surface area (Å²) in [5.74, 6) is 0.646. The molecule has 5 nitrogen and oxygen atoms in total. The van der Waals surface area contributed by atoms with Crippen molar-refractivity contribution in [1.82, 2.24) is 4.98 Å². The van der Waals surface area contributed by atoms with E-state index in [2.05, 4.69) is 4.98 Å². The van der Waals surface area contributed by atoms with Crippen LogP contribution >= 0.6 is 0 Å². The van der Waals surface area contributed by atoms with Gasteiger partial charge >= 0.3 is 0 Å². The van der Waals surface area contributed by atoms with Gasteiger partial charge in [0.25, 0.3) is 5.91 Å². The zero-order valence-electron chi connectivity index (χ0n) is 13.4. The van der Waals surface area contributed by atoms with Crippen LogP contribution < -0.4 is 14.5 Å². The van der Waals surface area contributed by atoms with Crippen LogP contribution in [0.15, 0.2) is 42.6 Å². The number of carbonyl (C=O) groups is 1. The first-order valence-electron chi connectivity index (χ1n) is 7.17. The molecule has 1 amide bonds. The van der Waals surface area contributed by atoms with Gasteiger partial charge in [-0.1, -0.05) is 0 Å². The second-order valence-electron chi connectivity index (χ2n) is 5.08. The number of rotatable bonds is 5. The second-order valence-corrected chi connectivity index (χ2v) is 5.08. The van der Waals surface area contributed by atoms with Crippen molar-refractivity contribution < 1.29 is 9.53 Å². The molecule has 1 heterocycles. The van der Waals surface area contributed by atoms with Gasteiger partial charge in [-0.05, 0) is 43.3 Å². The van der Waals surface area contributed by atoms with Gasteiger partial charge in [0.1, 0.15) is 11.4 Å². The van der Waals surface area contributed by atoms with Gasteiger partial charge in [0, 0.05) is 38.7 Å². The summed E-state index contributed by atoms with van der Waals surface area (Å²) < 4.78 is 5.41. The Hall–Kier alpha value is -2.56. The van der Waals surface area contributed by atoms with E-state index in [4.69, 9.17) is 4.74 Å². The first-order chi connectivity index (χ1) is 10.5. The van der Waals surface area contributed by atoms with Crippen LogP contribution in [-0.2, 0) is 0 Å². The van der Waals surface area contributed by atoms with Crippen molar-refractivity contribution in [2.45, 2.75) is 6.92 Å². The molecule has 1 aromatic heterocycles. The molecule has 0 aliphatic heterocycles. The number of carbonyl (C=O) groups excluding carboxylic acids is 1. The summed E-state index contributed by atoms with van der Waals surface area (Å²) in [6.07, 6.45) is 1.65. The highest BCUT2D eigenvalue weighted by Gasteiger charge is 2.15. The fourth-order valence-corrected chi connectivity index (χ4v) is 2.04. The molecule has 2 rings (SSSR count). The number of hydrogen-bond donors (Lipinski definition) is 0. The largest absolute Gasteiger partial charge is 0.494 e. The molecule has 0 N–H and O–H groups in total. The fourth-order valence-electron chi connectivity index (χ4n) is 2.04. The van der Waals surface area contributed by atoms with Gasteiger partial charge in [-0.3, -0.25) is 9.78 Å². The lowest BCUT2D eigenvalue weighted by Crippen LogP contribution is -2.27. The van der Waals surface area contributed by atoms with E-state index in [0.29, 0.717) is 12.3 Å². The highest BCUT2D eigenvalue weighted by Crippen LogP contribution is 2.20. The third kappa shape index (κ3) is 3.55. The molecular weight excluding hydrogens is 278 g/mol. The molecule has 0 unspecified atom stereocenters. The summed E-state index contributed by atoms with van der Waals surface area (Å²) in [6, 6.07) is 11.1. The van der Waals surface area contributed by atoms with Crippen LogP contribution in [0.4, 0.5) is 11.4 Å². The number of aromatic nitrogens is 1. The lowest BCUT2D eigenvalue weighted by Gasteiger charge is -2.18. The van der Waals surface area contributed by atoms with Crippen molar-refractivity contribution in [3.8, 4) is 5.75 Å². The van der Waals surface area contributed by atoms with Crippen molar-refractivity contribution >= 4 is 17.3 Å². The number of nitrogens with zero attached hydrogens (tertiary/aromatic N) is 3. The number of anilines is 2. The van der Waals surface area contributed by atoms with Crippen molar-refractivity contribution in [2.75, 3.05) is 37.5 Å².